The second kappa shape index (κ2) is 6.64. The standard InChI is InChI=1S/C14H19ClN2OS/c1-19-7-5-13(16)14(18)17-6-4-10-2-3-12(15)8-11(10)9-17/h2-3,8,13H,4-7,9,16H2,1H3. The summed E-state index contributed by atoms with van der Waals surface area (Å²) in [7, 11) is 0. The van der Waals surface area contributed by atoms with Gasteiger partial charge in [-0.25, -0.2) is 0 Å². The van der Waals surface area contributed by atoms with Gasteiger partial charge in [0, 0.05) is 18.1 Å². The summed E-state index contributed by atoms with van der Waals surface area (Å²) in [6, 6.07) is 5.52. The first-order valence-corrected chi connectivity index (χ1v) is 8.19. The molecule has 1 aliphatic rings. The molecule has 19 heavy (non-hydrogen) atoms. The molecular weight excluding hydrogens is 280 g/mol. The fourth-order valence-corrected chi connectivity index (χ4v) is 3.00. The number of amides is 1. The van der Waals surface area contributed by atoms with Gasteiger partial charge in [-0.2, -0.15) is 11.8 Å². The van der Waals surface area contributed by atoms with Crippen LogP contribution in [0.3, 0.4) is 0 Å². The molecule has 1 aromatic rings. The van der Waals surface area contributed by atoms with Gasteiger partial charge in [0.2, 0.25) is 5.91 Å². The molecule has 1 aliphatic heterocycles. The van der Waals surface area contributed by atoms with Crippen LogP contribution in [0.4, 0.5) is 0 Å². The molecule has 1 heterocycles. The second-order valence-electron chi connectivity index (χ2n) is 4.81. The predicted molar refractivity (Wildman–Crippen MR) is 81.5 cm³/mol. The van der Waals surface area contributed by atoms with E-state index in [1.54, 1.807) is 11.8 Å². The van der Waals surface area contributed by atoms with E-state index in [1.807, 2.05) is 29.4 Å². The maximum absolute atomic E-state index is 12.3. The third-order valence-electron chi connectivity index (χ3n) is 3.44. The lowest BCUT2D eigenvalue weighted by Gasteiger charge is -2.31. The van der Waals surface area contributed by atoms with E-state index in [0.717, 1.165) is 35.7 Å². The Morgan fingerprint density at radius 1 is 1.53 bits per heavy atom. The Morgan fingerprint density at radius 3 is 3.05 bits per heavy atom. The fourth-order valence-electron chi connectivity index (χ4n) is 2.32. The van der Waals surface area contributed by atoms with E-state index in [1.165, 1.54) is 5.56 Å². The van der Waals surface area contributed by atoms with Gasteiger partial charge < -0.3 is 10.6 Å². The van der Waals surface area contributed by atoms with E-state index in [2.05, 4.69) is 0 Å². The Balaban J connectivity index is 2.02. The van der Waals surface area contributed by atoms with Crippen molar-refractivity contribution >= 4 is 29.3 Å². The lowest BCUT2D eigenvalue weighted by molar-refractivity contribution is -0.133. The number of nitrogens with two attached hydrogens (primary N) is 1. The smallest absolute Gasteiger partial charge is 0.239 e. The number of thioether (sulfide) groups is 1. The predicted octanol–water partition coefficient (Wildman–Crippen LogP) is 2.31. The van der Waals surface area contributed by atoms with Gasteiger partial charge in [-0.15, -0.1) is 0 Å². The molecule has 0 saturated heterocycles. The average Bonchev–Trinajstić information content (AvgIpc) is 2.43. The normalized spacial score (nSPS) is 16.1. The molecule has 104 valence electrons. The first-order chi connectivity index (χ1) is 9.11. The van der Waals surface area contributed by atoms with Crippen molar-refractivity contribution in [2.24, 2.45) is 5.73 Å². The van der Waals surface area contributed by atoms with E-state index in [-0.39, 0.29) is 11.9 Å². The maximum Gasteiger partial charge on any atom is 0.239 e. The maximum atomic E-state index is 12.3. The summed E-state index contributed by atoms with van der Waals surface area (Å²) in [6.07, 6.45) is 3.64. The van der Waals surface area contributed by atoms with Crippen LogP contribution in [0.5, 0.6) is 0 Å². The zero-order chi connectivity index (χ0) is 13.8. The molecular formula is C14H19ClN2OS. The lowest BCUT2D eigenvalue weighted by atomic mass is 9.99. The van der Waals surface area contributed by atoms with Crippen molar-refractivity contribution in [2.75, 3.05) is 18.6 Å². The van der Waals surface area contributed by atoms with Crippen molar-refractivity contribution in [1.29, 1.82) is 0 Å². The summed E-state index contributed by atoms with van der Waals surface area (Å²) in [5.41, 5.74) is 8.38. The molecule has 0 fully saturated rings. The molecule has 3 nitrogen and oxygen atoms in total. The highest BCUT2D eigenvalue weighted by Gasteiger charge is 2.24. The first kappa shape index (κ1) is 14.7. The van der Waals surface area contributed by atoms with E-state index in [4.69, 9.17) is 17.3 Å². The Labute approximate surface area is 123 Å². The largest absolute Gasteiger partial charge is 0.337 e. The topological polar surface area (TPSA) is 46.3 Å². The number of rotatable bonds is 4. The van der Waals surface area contributed by atoms with Gasteiger partial charge in [-0.05, 0) is 48.1 Å². The summed E-state index contributed by atoms with van der Waals surface area (Å²) in [4.78, 5) is 14.1. The molecule has 0 bridgehead atoms. The minimum Gasteiger partial charge on any atom is -0.337 e. The SMILES string of the molecule is CSCCC(N)C(=O)N1CCc2ccc(Cl)cc2C1. The van der Waals surface area contributed by atoms with Gasteiger partial charge in [0.25, 0.3) is 0 Å². The van der Waals surface area contributed by atoms with Crippen LogP contribution in [0.15, 0.2) is 18.2 Å². The zero-order valence-electron chi connectivity index (χ0n) is 11.1. The number of halogens is 1. The fraction of sp³-hybridized carbons (Fsp3) is 0.500. The van der Waals surface area contributed by atoms with Crippen LogP contribution in [-0.2, 0) is 17.8 Å². The number of carbonyl (C=O) groups excluding carboxylic acids is 1. The van der Waals surface area contributed by atoms with Crippen LogP contribution in [0.1, 0.15) is 17.5 Å². The highest BCUT2D eigenvalue weighted by Crippen LogP contribution is 2.23. The zero-order valence-corrected chi connectivity index (χ0v) is 12.6. The van der Waals surface area contributed by atoms with Crippen LogP contribution in [-0.4, -0.2) is 35.4 Å². The minimum atomic E-state index is -0.381. The van der Waals surface area contributed by atoms with E-state index < -0.39 is 0 Å². The van der Waals surface area contributed by atoms with Gasteiger partial charge in [0.05, 0.1) is 6.04 Å². The summed E-state index contributed by atoms with van der Waals surface area (Å²) in [5, 5.41) is 0.722. The molecule has 2 rings (SSSR count). The van der Waals surface area contributed by atoms with Crippen LogP contribution >= 0.6 is 23.4 Å². The molecule has 0 aliphatic carbocycles. The quantitative estimate of drug-likeness (QED) is 0.928. The third-order valence-corrected chi connectivity index (χ3v) is 4.32. The molecule has 0 spiro atoms. The van der Waals surface area contributed by atoms with Crippen LogP contribution in [0.25, 0.3) is 0 Å². The lowest BCUT2D eigenvalue weighted by Crippen LogP contribution is -2.46. The Morgan fingerprint density at radius 2 is 2.32 bits per heavy atom. The van der Waals surface area contributed by atoms with E-state index in [9.17, 15) is 4.79 Å². The molecule has 1 atom stereocenters. The highest BCUT2D eigenvalue weighted by molar-refractivity contribution is 7.98. The second-order valence-corrected chi connectivity index (χ2v) is 6.23. The summed E-state index contributed by atoms with van der Waals surface area (Å²) in [5.74, 6) is 0.975. The summed E-state index contributed by atoms with van der Waals surface area (Å²) < 4.78 is 0. The summed E-state index contributed by atoms with van der Waals surface area (Å²) in [6.45, 7) is 1.38. The van der Waals surface area contributed by atoms with E-state index >= 15 is 0 Å². The van der Waals surface area contributed by atoms with E-state index in [0.29, 0.717) is 6.54 Å². The number of benzene rings is 1. The van der Waals surface area contributed by atoms with Crippen molar-refractivity contribution in [3.05, 3.63) is 34.3 Å². The number of hydrogen-bond donors (Lipinski definition) is 1. The van der Waals surface area contributed by atoms with Crippen LogP contribution < -0.4 is 5.73 Å². The van der Waals surface area contributed by atoms with Crippen LogP contribution in [0, 0.1) is 0 Å². The van der Waals surface area contributed by atoms with Crippen molar-refractivity contribution in [1.82, 2.24) is 4.90 Å². The highest BCUT2D eigenvalue weighted by atomic mass is 35.5. The Bertz CT molecular complexity index is 467. The molecule has 1 aromatic carbocycles. The molecule has 0 saturated carbocycles. The average molecular weight is 299 g/mol. The molecule has 5 heteroatoms. The van der Waals surface area contributed by atoms with Gasteiger partial charge in [0.1, 0.15) is 0 Å². The molecule has 0 radical (unpaired) electrons. The Kier molecular flexibility index (Phi) is 5.13. The van der Waals surface area contributed by atoms with Gasteiger partial charge in [-0.3, -0.25) is 4.79 Å². The monoisotopic (exact) mass is 298 g/mol. The van der Waals surface area contributed by atoms with Gasteiger partial charge in [-0.1, -0.05) is 17.7 Å². The van der Waals surface area contributed by atoms with Crippen molar-refractivity contribution in [3.8, 4) is 0 Å². The van der Waals surface area contributed by atoms with Gasteiger partial charge in [0.15, 0.2) is 0 Å². The molecule has 1 amide bonds. The summed E-state index contributed by atoms with van der Waals surface area (Å²) >= 11 is 7.72. The van der Waals surface area contributed by atoms with Crippen molar-refractivity contribution < 1.29 is 4.79 Å². The van der Waals surface area contributed by atoms with Crippen LogP contribution in [0.2, 0.25) is 5.02 Å². The number of fused-ring (bicyclic) bond motifs is 1. The molecule has 1 unspecified atom stereocenters. The van der Waals surface area contributed by atoms with Crippen molar-refractivity contribution in [2.45, 2.75) is 25.4 Å². The molecule has 0 aromatic heterocycles. The molecule has 2 N–H and O–H groups in total. The minimum absolute atomic E-state index is 0.0553. The van der Waals surface area contributed by atoms with Crippen molar-refractivity contribution in [3.63, 3.8) is 0 Å². The number of carbonyl (C=O) groups is 1. The van der Waals surface area contributed by atoms with Gasteiger partial charge >= 0.3 is 0 Å². The number of nitrogens with zero attached hydrogens (tertiary/aromatic N) is 1. The number of hydrogen-bond acceptors (Lipinski definition) is 3. The third kappa shape index (κ3) is 3.65. The first-order valence-electron chi connectivity index (χ1n) is 6.42. The Hall–Kier alpha value is -0.710.